The van der Waals surface area contributed by atoms with Crippen LogP contribution in [0.5, 0.6) is 17.2 Å². The van der Waals surface area contributed by atoms with E-state index in [4.69, 9.17) is 14.2 Å². The summed E-state index contributed by atoms with van der Waals surface area (Å²) in [5.74, 6) is 1.66. The third-order valence-electron chi connectivity index (χ3n) is 3.22. The zero-order valence-electron chi connectivity index (χ0n) is 12.4. The van der Waals surface area contributed by atoms with Crippen LogP contribution in [-0.4, -0.2) is 31.4 Å². The third-order valence-corrected chi connectivity index (χ3v) is 3.22. The van der Waals surface area contributed by atoms with E-state index in [-0.39, 0.29) is 0 Å². The zero-order chi connectivity index (χ0) is 15.2. The van der Waals surface area contributed by atoms with Crippen molar-refractivity contribution in [3.8, 4) is 17.2 Å². The number of aliphatic hydroxyl groups is 1. The van der Waals surface area contributed by atoms with E-state index in [1.165, 1.54) is 0 Å². The topological polar surface area (TPSA) is 60.8 Å². The van der Waals surface area contributed by atoms with Crippen LogP contribution in [0.4, 0.5) is 0 Å². The zero-order valence-corrected chi connectivity index (χ0v) is 12.4. The van der Waals surface area contributed by atoms with Crippen LogP contribution in [0.15, 0.2) is 36.5 Å². The Morgan fingerprint density at radius 2 is 1.67 bits per heavy atom. The Bertz CT molecular complexity index is 586. The fourth-order valence-electron chi connectivity index (χ4n) is 2.14. The van der Waals surface area contributed by atoms with Crippen molar-refractivity contribution in [2.45, 2.75) is 12.5 Å². The second kappa shape index (κ2) is 6.95. The van der Waals surface area contributed by atoms with Gasteiger partial charge in [0.15, 0.2) is 11.5 Å². The minimum atomic E-state index is -0.741. The van der Waals surface area contributed by atoms with Crippen LogP contribution in [0.25, 0.3) is 0 Å². The molecule has 0 bridgehead atoms. The van der Waals surface area contributed by atoms with E-state index in [2.05, 4.69) is 4.98 Å². The summed E-state index contributed by atoms with van der Waals surface area (Å²) in [5.41, 5.74) is 1.45. The normalized spacial score (nSPS) is 11.8. The van der Waals surface area contributed by atoms with Gasteiger partial charge in [-0.2, -0.15) is 0 Å². The Kier molecular flexibility index (Phi) is 5.00. The number of methoxy groups -OCH3 is 3. The summed E-state index contributed by atoms with van der Waals surface area (Å²) < 4.78 is 15.8. The largest absolute Gasteiger partial charge is 0.496 e. The van der Waals surface area contributed by atoms with E-state index >= 15 is 0 Å². The molecule has 0 saturated heterocycles. The molecular weight excluding hydrogens is 270 g/mol. The molecule has 1 atom stereocenters. The number of pyridine rings is 1. The van der Waals surface area contributed by atoms with Crippen LogP contribution in [0.2, 0.25) is 0 Å². The van der Waals surface area contributed by atoms with E-state index in [0.717, 1.165) is 5.69 Å². The van der Waals surface area contributed by atoms with Crippen LogP contribution in [0.1, 0.15) is 17.4 Å². The second-order valence-corrected chi connectivity index (χ2v) is 4.49. The summed E-state index contributed by atoms with van der Waals surface area (Å²) in [5, 5.41) is 10.5. The Balaban J connectivity index is 2.33. The highest BCUT2D eigenvalue weighted by Gasteiger charge is 2.18. The maximum atomic E-state index is 10.5. The highest BCUT2D eigenvalue weighted by atomic mass is 16.5. The van der Waals surface area contributed by atoms with Gasteiger partial charge in [0.2, 0.25) is 0 Å². The minimum Gasteiger partial charge on any atom is -0.496 e. The summed E-state index contributed by atoms with van der Waals surface area (Å²) in [6, 6.07) is 9.03. The molecule has 21 heavy (non-hydrogen) atoms. The number of ether oxygens (including phenoxy) is 3. The Hall–Kier alpha value is -2.27. The van der Waals surface area contributed by atoms with Crippen LogP contribution in [0, 0.1) is 0 Å². The predicted octanol–water partition coefficient (Wildman–Crippen LogP) is 2.38. The molecule has 0 aliphatic heterocycles. The van der Waals surface area contributed by atoms with Crippen LogP contribution < -0.4 is 14.2 Å². The van der Waals surface area contributed by atoms with Gasteiger partial charge in [-0.3, -0.25) is 4.98 Å². The molecule has 2 rings (SSSR count). The van der Waals surface area contributed by atoms with Gasteiger partial charge in [0.05, 0.1) is 27.4 Å². The molecule has 1 aromatic heterocycles. The van der Waals surface area contributed by atoms with Crippen molar-refractivity contribution >= 4 is 0 Å². The Morgan fingerprint density at radius 1 is 1.00 bits per heavy atom. The Labute approximate surface area is 124 Å². The van der Waals surface area contributed by atoms with E-state index < -0.39 is 6.10 Å². The molecule has 5 heteroatoms. The number of hydrogen-bond acceptors (Lipinski definition) is 5. The average molecular weight is 289 g/mol. The first-order valence-electron chi connectivity index (χ1n) is 6.57. The molecule has 112 valence electrons. The van der Waals surface area contributed by atoms with Crippen molar-refractivity contribution < 1.29 is 19.3 Å². The van der Waals surface area contributed by atoms with Gasteiger partial charge in [-0.05, 0) is 18.2 Å². The van der Waals surface area contributed by atoms with E-state index in [9.17, 15) is 5.11 Å². The summed E-state index contributed by atoms with van der Waals surface area (Å²) in [4.78, 5) is 4.22. The molecule has 1 N–H and O–H groups in total. The van der Waals surface area contributed by atoms with Gasteiger partial charge < -0.3 is 19.3 Å². The molecular formula is C16H19NO4. The molecule has 5 nitrogen and oxygen atoms in total. The fourth-order valence-corrected chi connectivity index (χ4v) is 2.14. The summed E-state index contributed by atoms with van der Waals surface area (Å²) in [6.45, 7) is 0. The lowest BCUT2D eigenvalue weighted by molar-refractivity contribution is 0.172. The van der Waals surface area contributed by atoms with Crippen molar-refractivity contribution in [2.24, 2.45) is 0 Å². The number of hydrogen-bond donors (Lipinski definition) is 1. The monoisotopic (exact) mass is 289 g/mol. The van der Waals surface area contributed by atoms with Crippen LogP contribution in [0.3, 0.4) is 0 Å². The number of rotatable bonds is 6. The number of aromatic nitrogens is 1. The number of benzene rings is 1. The molecule has 1 unspecified atom stereocenters. The molecule has 0 fully saturated rings. The highest BCUT2D eigenvalue weighted by Crippen LogP contribution is 2.38. The standard InChI is InChI=1S/C16H19NO4/c1-19-14-10-16(21-3)15(20-2)9-12(14)13(18)8-11-6-4-5-7-17-11/h4-7,9-10,13,18H,8H2,1-3H3. The fraction of sp³-hybridized carbons (Fsp3) is 0.312. The van der Waals surface area contributed by atoms with Gasteiger partial charge in [0.1, 0.15) is 5.75 Å². The lowest BCUT2D eigenvalue weighted by Crippen LogP contribution is -2.06. The predicted molar refractivity (Wildman–Crippen MR) is 79.0 cm³/mol. The van der Waals surface area contributed by atoms with Crippen molar-refractivity contribution in [3.05, 3.63) is 47.8 Å². The van der Waals surface area contributed by atoms with E-state index in [1.807, 2.05) is 18.2 Å². The molecule has 0 amide bonds. The third kappa shape index (κ3) is 3.44. The summed E-state index contributed by atoms with van der Waals surface area (Å²) >= 11 is 0. The van der Waals surface area contributed by atoms with Gasteiger partial charge in [0.25, 0.3) is 0 Å². The van der Waals surface area contributed by atoms with Gasteiger partial charge in [-0.25, -0.2) is 0 Å². The van der Waals surface area contributed by atoms with Crippen LogP contribution >= 0.6 is 0 Å². The van der Waals surface area contributed by atoms with Crippen molar-refractivity contribution in [3.63, 3.8) is 0 Å². The average Bonchev–Trinajstić information content (AvgIpc) is 2.54. The second-order valence-electron chi connectivity index (χ2n) is 4.49. The highest BCUT2D eigenvalue weighted by molar-refractivity contribution is 5.51. The maximum Gasteiger partial charge on any atom is 0.164 e. The SMILES string of the molecule is COc1cc(OC)c(C(O)Cc2ccccn2)cc1OC. The first kappa shape index (κ1) is 15.1. The minimum absolute atomic E-state index is 0.396. The lowest BCUT2D eigenvalue weighted by atomic mass is 10.0. The summed E-state index contributed by atoms with van der Waals surface area (Å²) in [7, 11) is 4.67. The molecule has 1 aromatic carbocycles. The maximum absolute atomic E-state index is 10.5. The lowest BCUT2D eigenvalue weighted by Gasteiger charge is -2.17. The molecule has 0 aliphatic carbocycles. The summed E-state index contributed by atoms with van der Waals surface area (Å²) in [6.07, 6.45) is 1.36. The smallest absolute Gasteiger partial charge is 0.164 e. The van der Waals surface area contributed by atoms with Crippen molar-refractivity contribution in [2.75, 3.05) is 21.3 Å². The van der Waals surface area contributed by atoms with Crippen LogP contribution in [-0.2, 0) is 6.42 Å². The van der Waals surface area contributed by atoms with E-state index in [0.29, 0.717) is 29.2 Å². The molecule has 2 aromatic rings. The van der Waals surface area contributed by atoms with Gasteiger partial charge in [0, 0.05) is 29.9 Å². The molecule has 0 spiro atoms. The van der Waals surface area contributed by atoms with Gasteiger partial charge >= 0.3 is 0 Å². The number of aliphatic hydroxyl groups excluding tert-OH is 1. The van der Waals surface area contributed by atoms with Gasteiger partial charge in [-0.15, -0.1) is 0 Å². The van der Waals surface area contributed by atoms with Gasteiger partial charge in [-0.1, -0.05) is 6.07 Å². The molecule has 0 saturated carbocycles. The first-order valence-corrected chi connectivity index (χ1v) is 6.57. The van der Waals surface area contributed by atoms with Crippen molar-refractivity contribution in [1.29, 1.82) is 0 Å². The molecule has 0 aliphatic rings. The molecule has 1 heterocycles. The van der Waals surface area contributed by atoms with Crippen molar-refractivity contribution in [1.82, 2.24) is 4.98 Å². The molecule has 0 radical (unpaired) electrons. The first-order chi connectivity index (χ1) is 10.2. The van der Waals surface area contributed by atoms with E-state index in [1.54, 1.807) is 39.7 Å². The number of nitrogens with zero attached hydrogens (tertiary/aromatic N) is 1. The quantitative estimate of drug-likeness (QED) is 0.884. The Morgan fingerprint density at radius 3 is 2.24 bits per heavy atom.